The highest BCUT2D eigenvalue weighted by molar-refractivity contribution is 7.30. The molecule has 0 bridgehead atoms. The zero-order valence-electron chi connectivity index (χ0n) is 23.4. The number of thiophene rings is 2. The smallest absolute Gasteiger partial charge is 0.0640 e. The third kappa shape index (κ3) is 3.24. The zero-order valence-corrected chi connectivity index (χ0v) is 25.0. The number of para-hydroxylation sites is 2. The summed E-state index contributed by atoms with van der Waals surface area (Å²) >= 11 is 3.89. The monoisotopic (exact) mass is 573 g/mol. The second-order valence-electron chi connectivity index (χ2n) is 11.7. The van der Waals surface area contributed by atoms with Crippen molar-refractivity contribution in [3.05, 3.63) is 139 Å². The molecule has 2 heterocycles. The van der Waals surface area contributed by atoms with Gasteiger partial charge in [-0.05, 0) is 53.1 Å². The van der Waals surface area contributed by atoms with E-state index >= 15 is 0 Å². The molecule has 0 radical (unpaired) electrons. The van der Waals surface area contributed by atoms with E-state index in [2.05, 4.69) is 146 Å². The van der Waals surface area contributed by atoms with E-state index in [1.807, 2.05) is 22.7 Å². The normalized spacial score (nSPS) is 13.7. The fraction of sp³-hybridized carbons (Fsp3) is 0.0769. The maximum absolute atomic E-state index is 2.39. The van der Waals surface area contributed by atoms with Gasteiger partial charge in [-0.1, -0.05) is 105 Å². The molecule has 3 heteroatoms. The van der Waals surface area contributed by atoms with Gasteiger partial charge in [0.25, 0.3) is 0 Å². The predicted octanol–water partition coefficient (Wildman–Crippen LogP) is 12.2. The third-order valence-electron chi connectivity index (χ3n) is 9.06. The van der Waals surface area contributed by atoms with Crippen molar-refractivity contribution in [3.63, 3.8) is 0 Å². The molecule has 0 amide bonds. The Hall–Kier alpha value is -4.44. The first-order valence-electron chi connectivity index (χ1n) is 14.5. The molecule has 0 spiro atoms. The van der Waals surface area contributed by atoms with Crippen LogP contribution in [0, 0.1) is 0 Å². The molecule has 6 aromatic carbocycles. The lowest BCUT2D eigenvalue weighted by Crippen LogP contribution is -2.14. The van der Waals surface area contributed by atoms with Crippen LogP contribution in [-0.2, 0) is 5.41 Å². The van der Waals surface area contributed by atoms with Crippen molar-refractivity contribution in [1.82, 2.24) is 0 Å². The molecule has 1 nitrogen and oxygen atoms in total. The lowest BCUT2D eigenvalue weighted by Gasteiger charge is -2.25. The number of anilines is 3. The van der Waals surface area contributed by atoms with E-state index in [1.165, 1.54) is 68.3 Å². The Balaban J connectivity index is 1.35. The van der Waals surface area contributed by atoms with Gasteiger partial charge in [-0.2, -0.15) is 0 Å². The first-order chi connectivity index (χ1) is 20.6. The number of hydrogen-bond donors (Lipinski definition) is 0. The van der Waals surface area contributed by atoms with Crippen LogP contribution in [0.5, 0.6) is 0 Å². The molecule has 0 N–H and O–H groups in total. The Labute approximate surface area is 252 Å². The highest BCUT2D eigenvalue weighted by Gasteiger charge is 2.36. The van der Waals surface area contributed by atoms with Crippen molar-refractivity contribution < 1.29 is 0 Å². The summed E-state index contributed by atoms with van der Waals surface area (Å²) in [6, 6.07) is 46.7. The van der Waals surface area contributed by atoms with E-state index in [0.717, 1.165) is 11.4 Å². The van der Waals surface area contributed by atoms with Crippen LogP contribution in [0.3, 0.4) is 0 Å². The maximum atomic E-state index is 2.39. The molecule has 9 rings (SSSR count). The fourth-order valence-corrected chi connectivity index (χ4v) is 9.80. The van der Waals surface area contributed by atoms with Gasteiger partial charge in [0.2, 0.25) is 0 Å². The quantitative estimate of drug-likeness (QED) is 0.203. The van der Waals surface area contributed by atoms with E-state index in [9.17, 15) is 0 Å². The topological polar surface area (TPSA) is 3.24 Å². The van der Waals surface area contributed by atoms with Crippen LogP contribution in [-0.4, -0.2) is 0 Å². The number of benzene rings is 6. The first kappa shape index (κ1) is 24.2. The molecule has 0 fully saturated rings. The lowest BCUT2D eigenvalue weighted by molar-refractivity contribution is 0.661. The number of rotatable bonds is 3. The van der Waals surface area contributed by atoms with Crippen molar-refractivity contribution in [1.29, 1.82) is 0 Å². The Morgan fingerprint density at radius 3 is 1.93 bits per heavy atom. The third-order valence-corrected chi connectivity index (χ3v) is 11.5. The summed E-state index contributed by atoms with van der Waals surface area (Å²) in [6.07, 6.45) is 0. The van der Waals surface area contributed by atoms with Gasteiger partial charge in [0.15, 0.2) is 0 Å². The fourth-order valence-electron chi connectivity index (χ4n) is 7.10. The molecule has 0 saturated heterocycles. The van der Waals surface area contributed by atoms with Crippen LogP contribution in [0.4, 0.5) is 17.1 Å². The predicted molar refractivity (Wildman–Crippen MR) is 184 cm³/mol. The summed E-state index contributed by atoms with van der Waals surface area (Å²) < 4.78 is 5.48. The summed E-state index contributed by atoms with van der Waals surface area (Å²) in [4.78, 5) is 2.39. The highest BCUT2D eigenvalue weighted by atomic mass is 32.1. The molecule has 42 heavy (non-hydrogen) atoms. The summed E-state index contributed by atoms with van der Waals surface area (Å²) in [6.45, 7) is 4.74. The largest absolute Gasteiger partial charge is 0.309 e. The van der Waals surface area contributed by atoms with Crippen molar-refractivity contribution >= 4 is 80.1 Å². The van der Waals surface area contributed by atoms with Crippen molar-refractivity contribution in [2.75, 3.05) is 4.90 Å². The van der Waals surface area contributed by atoms with Gasteiger partial charge in [0.1, 0.15) is 0 Å². The summed E-state index contributed by atoms with van der Waals surface area (Å²) in [5.41, 5.74) is 9.26. The van der Waals surface area contributed by atoms with Gasteiger partial charge in [-0.3, -0.25) is 0 Å². The average molecular weight is 574 g/mol. The molecule has 200 valence electrons. The van der Waals surface area contributed by atoms with Crippen molar-refractivity contribution in [2.24, 2.45) is 0 Å². The number of hydrogen-bond acceptors (Lipinski definition) is 3. The summed E-state index contributed by atoms with van der Waals surface area (Å²) in [5, 5.41) is 5.45. The molecule has 8 aromatic rings. The molecule has 0 unspecified atom stereocenters. The molecule has 0 atom stereocenters. The SMILES string of the molecule is CC1(C)c2ccccc2-c2c1ccc1c2sc2c1ccc1sc3c(N(c4ccccc4)c4ccccc4)cccc3c12. The van der Waals surface area contributed by atoms with Gasteiger partial charge >= 0.3 is 0 Å². The average Bonchev–Trinajstić information content (AvgIpc) is 3.67. The second-order valence-corrected chi connectivity index (χ2v) is 13.8. The highest BCUT2D eigenvalue weighted by Crippen LogP contribution is 2.55. The van der Waals surface area contributed by atoms with Gasteiger partial charge in [0.05, 0.1) is 10.4 Å². The molecule has 1 aliphatic rings. The molecule has 0 saturated carbocycles. The van der Waals surface area contributed by atoms with E-state index in [0.29, 0.717) is 0 Å². The first-order valence-corrected chi connectivity index (χ1v) is 16.1. The summed E-state index contributed by atoms with van der Waals surface area (Å²) in [5.74, 6) is 0. The van der Waals surface area contributed by atoms with Crippen molar-refractivity contribution in [3.8, 4) is 11.1 Å². The van der Waals surface area contributed by atoms with E-state index < -0.39 is 0 Å². The van der Waals surface area contributed by atoms with Gasteiger partial charge in [-0.15, -0.1) is 22.7 Å². The van der Waals surface area contributed by atoms with Gasteiger partial charge in [-0.25, -0.2) is 0 Å². The zero-order chi connectivity index (χ0) is 28.0. The Bertz CT molecular complexity index is 2280. The van der Waals surface area contributed by atoms with Crippen LogP contribution in [0.2, 0.25) is 0 Å². The van der Waals surface area contributed by atoms with Crippen LogP contribution in [0.15, 0.2) is 127 Å². The Morgan fingerprint density at radius 2 is 1.17 bits per heavy atom. The van der Waals surface area contributed by atoms with Gasteiger partial charge in [0, 0.05) is 58.0 Å². The minimum Gasteiger partial charge on any atom is -0.309 e. The van der Waals surface area contributed by atoms with E-state index in [-0.39, 0.29) is 5.41 Å². The van der Waals surface area contributed by atoms with Crippen molar-refractivity contribution in [2.45, 2.75) is 19.3 Å². The van der Waals surface area contributed by atoms with Crippen LogP contribution < -0.4 is 4.90 Å². The molecular formula is C39H27NS2. The lowest BCUT2D eigenvalue weighted by atomic mass is 9.82. The standard InChI is InChI=1S/C39H27NS2/c1-39(2)30-18-10-9-16-28(30)34-31(39)22-20-26-27-21-23-33-35(38(27)42-37(26)34)29-17-11-19-32(36(29)41-33)40(24-12-5-3-6-13-24)25-14-7-4-8-15-25/h3-23H,1-2H3. The summed E-state index contributed by atoms with van der Waals surface area (Å²) in [7, 11) is 0. The molecule has 1 aliphatic carbocycles. The van der Waals surface area contributed by atoms with E-state index in [1.54, 1.807) is 0 Å². The Morgan fingerprint density at radius 1 is 0.500 bits per heavy atom. The number of fused-ring (bicyclic) bond motifs is 11. The van der Waals surface area contributed by atoms with Crippen LogP contribution in [0.25, 0.3) is 51.5 Å². The minimum absolute atomic E-state index is 0.00786. The maximum Gasteiger partial charge on any atom is 0.0640 e. The van der Waals surface area contributed by atoms with Gasteiger partial charge < -0.3 is 4.90 Å². The van der Waals surface area contributed by atoms with E-state index in [4.69, 9.17) is 0 Å². The number of nitrogens with zero attached hydrogens (tertiary/aromatic N) is 1. The second kappa shape index (κ2) is 8.78. The Kier molecular flexibility index (Phi) is 5.06. The van der Waals surface area contributed by atoms with Crippen LogP contribution in [0.1, 0.15) is 25.0 Å². The molecule has 0 aliphatic heterocycles. The molecule has 2 aromatic heterocycles. The minimum atomic E-state index is 0.00786. The molecular weight excluding hydrogens is 547 g/mol. The van der Waals surface area contributed by atoms with Crippen LogP contribution >= 0.6 is 22.7 Å².